The predicted molar refractivity (Wildman–Crippen MR) is 73.1 cm³/mol. The molecule has 0 saturated carbocycles. The van der Waals surface area contributed by atoms with Crippen LogP contribution >= 0.6 is 0 Å². The first-order valence-electron chi connectivity index (χ1n) is 6.36. The molecule has 1 fully saturated rings. The van der Waals surface area contributed by atoms with Gasteiger partial charge in [-0.3, -0.25) is 10.1 Å². The predicted octanol–water partition coefficient (Wildman–Crippen LogP) is 1.56. The summed E-state index contributed by atoms with van der Waals surface area (Å²) in [5, 5.41) is 24.3. The van der Waals surface area contributed by atoms with Gasteiger partial charge in [-0.05, 0) is 13.0 Å². The summed E-state index contributed by atoms with van der Waals surface area (Å²) in [5.41, 5.74) is -0.750. The lowest BCUT2D eigenvalue weighted by Crippen LogP contribution is -2.43. The molecular formula is C13H18N2O5. The lowest BCUT2D eigenvalue weighted by molar-refractivity contribution is -0.384. The molecule has 0 aromatic heterocycles. The van der Waals surface area contributed by atoms with Crippen LogP contribution in [0.15, 0.2) is 18.2 Å². The van der Waals surface area contributed by atoms with Gasteiger partial charge in [0.05, 0.1) is 18.1 Å². The third kappa shape index (κ3) is 2.83. The Morgan fingerprint density at radius 3 is 2.95 bits per heavy atom. The number of benzene rings is 1. The number of ether oxygens (including phenoxy) is 2. The zero-order valence-electron chi connectivity index (χ0n) is 11.5. The molecule has 7 nitrogen and oxygen atoms in total. The van der Waals surface area contributed by atoms with E-state index in [1.165, 1.54) is 19.2 Å². The van der Waals surface area contributed by atoms with Crippen LogP contribution in [0, 0.1) is 10.1 Å². The topological polar surface area (TPSA) is 93.9 Å². The van der Waals surface area contributed by atoms with Crippen LogP contribution in [0.25, 0.3) is 0 Å². The van der Waals surface area contributed by atoms with Crippen molar-refractivity contribution in [1.82, 2.24) is 0 Å². The molecule has 7 heteroatoms. The van der Waals surface area contributed by atoms with E-state index >= 15 is 0 Å². The van der Waals surface area contributed by atoms with Crippen molar-refractivity contribution >= 4 is 11.4 Å². The number of aliphatic hydroxyl groups is 1. The quantitative estimate of drug-likeness (QED) is 0.628. The summed E-state index contributed by atoms with van der Waals surface area (Å²) in [6.07, 6.45) is 0.193. The van der Waals surface area contributed by atoms with Gasteiger partial charge < -0.3 is 19.9 Å². The molecule has 1 aromatic carbocycles. The largest absolute Gasteiger partial charge is 0.497 e. The molecular weight excluding hydrogens is 264 g/mol. The standard InChI is InChI=1S/C13H18N2O5/c1-9-13(16,5-6-20-9)8-14-11-7-10(19-2)3-4-12(11)15(17)18/h3-4,7,9,14,16H,5-6,8H2,1-2H3. The van der Waals surface area contributed by atoms with Gasteiger partial charge in [0.25, 0.3) is 5.69 Å². The van der Waals surface area contributed by atoms with Crippen molar-refractivity contribution in [3.63, 3.8) is 0 Å². The maximum Gasteiger partial charge on any atom is 0.292 e. The summed E-state index contributed by atoms with van der Waals surface area (Å²) in [4.78, 5) is 10.5. The van der Waals surface area contributed by atoms with Gasteiger partial charge in [-0.1, -0.05) is 0 Å². The van der Waals surface area contributed by atoms with Crippen LogP contribution < -0.4 is 10.1 Å². The van der Waals surface area contributed by atoms with Crippen LogP contribution in [-0.4, -0.2) is 42.0 Å². The van der Waals surface area contributed by atoms with Crippen LogP contribution in [0.4, 0.5) is 11.4 Å². The number of nitrogens with zero attached hydrogens (tertiary/aromatic N) is 1. The molecule has 1 heterocycles. The summed E-state index contributed by atoms with van der Waals surface area (Å²) >= 11 is 0. The normalized spacial score (nSPS) is 25.4. The van der Waals surface area contributed by atoms with Gasteiger partial charge in [0.15, 0.2) is 0 Å². The fourth-order valence-electron chi connectivity index (χ4n) is 2.19. The highest BCUT2D eigenvalue weighted by Gasteiger charge is 2.39. The van der Waals surface area contributed by atoms with Gasteiger partial charge >= 0.3 is 0 Å². The third-order valence-electron chi connectivity index (χ3n) is 3.64. The smallest absolute Gasteiger partial charge is 0.292 e. The lowest BCUT2D eigenvalue weighted by Gasteiger charge is -2.26. The Balaban J connectivity index is 2.17. The number of rotatable bonds is 5. The first-order valence-corrected chi connectivity index (χ1v) is 6.36. The summed E-state index contributed by atoms with van der Waals surface area (Å²) in [6.45, 7) is 2.45. The van der Waals surface area contributed by atoms with Crippen molar-refractivity contribution in [2.45, 2.75) is 25.0 Å². The van der Waals surface area contributed by atoms with Crippen LogP contribution in [0.2, 0.25) is 0 Å². The number of nitro groups is 1. The molecule has 20 heavy (non-hydrogen) atoms. The Morgan fingerprint density at radius 2 is 2.40 bits per heavy atom. The maximum absolute atomic E-state index is 11.0. The Bertz CT molecular complexity index is 508. The average molecular weight is 282 g/mol. The monoisotopic (exact) mass is 282 g/mol. The number of anilines is 1. The number of nitro benzene ring substituents is 1. The van der Waals surface area contributed by atoms with E-state index in [1.807, 2.05) is 0 Å². The minimum Gasteiger partial charge on any atom is -0.497 e. The minimum atomic E-state index is -1.02. The average Bonchev–Trinajstić information content (AvgIpc) is 2.76. The van der Waals surface area contributed by atoms with Crippen molar-refractivity contribution in [2.24, 2.45) is 0 Å². The van der Waals surface area contributed by atoms with Crippen LogP contribution in [0.3, 0.4) is 0 Å². The summed E-state index contributed by atoms with van der Waals surface area (Å²) in [6, 6.07) is 4.45. The van der Waals surface area contributed by atoms with Crippen LogP contribution in [-0.2, 0) is 4.74 Å². The molecule has 0 spiro atoms. The van der Waals surface area contributed by atoms with Crippen molar-refractivity contribution in [1.29, 1.82) is 0 Å². The van der Waals surface area contributed by atoms with Gasteiger partial charge in [-0.15, -0.1) is 0 Å². The molecule has 1 saturated heterocycles. The van der Waals surface area contributed by atoms with E-state index in [4.69, 9.17) is 9.47 Å². The first kappa shape index (κ1) is 14.5. The number of nitrogens with one attached hydrogen (secondary N) is 1. The van der Waals surface area contributed by atoms with Crippen LogP contribution in [0.5, 0.6) is 5.75 Å². The van der Waals surface area contributed by atoms with E-state index in [9.17, 15) is 15.2 Å². The van der Waals surface area contributed by atoms with Gasteiger partial charge in [0.2, 0.25) is 0 Å². The molecule has 0 aliphatic carbocycles. The first-order chi connectivity index (χ1) is 9.46. The number of hydrogen-bond acceptors (Lipinski definition) is 6. The number of hydrogen-bond donors (Lipinski definition) is 2. The van der Waals surface area contributed by atoms with E-state index in [-0.39, 0.29) is 18.3 Å². The zero-order chi connectivity index (χ0) is 14.8. The summed E-state index contributed by atoms with van der Waals surface area (Å²) < 4.78 is 10.4. The van der Waals surface area contributed by atoms with Gasteiger partial charge in [-0.25, -0.2) is 0 Å². The van der Waals surface area contributed by atoms with Crippen molar-refractivity contribution in [3.05, 3.63) is 28.3 Å². The molecule has 0 amide bonds. The molecule has 1 aliphatic heterocycles. The third-order valence-corrected chi connectivity index (χ3v) is 3.64. The lowest BCUT2D eigenvalue weighted by atomic mass is 9.96. The molecule has 1 aromatic rings. The fraction of sp³-hybridized carbons (Fsp3) is 0.538. The van der Waals surface area contributed by atoms with Gasteiger partial charge in [-0.2, -0.15) is 0 Å². The van der Waals surface area contributed by atoms with Gasteiger partial charge in [0.1, 0.15) is 17.0 Å². The molecule has 2 rings (SSSR count). The van der Waals surface area contributed by atoms with E-state index < -0.39 is 10.5 Å². The summed E-state index contributed by atoms with van der Waals surface area (Å²) in [7, 11) is 1.49. The highest BCUT2D eigenvalue weighted by atomic mass is 16.6. The maximum atomic E-state index is 11.0. The van der Waals surface area contributed by atoms with E-state index in [0.717, 1.165) is 0 Å². The van der Waals surface area contributed by atoms with Crippen molar-refractivity contribution < 1.29 is 19.5 Å². The highest BCUT2D eigenvalue weighted by Crippen LogP contribution is 2.31. The second kappa shape index (κ2) is 5.64. The second-order valence-electron chi connectivity index (χ2n) is 4.86. The minimum absolute atomic E-state index is 0.0547. The molecule has 2 atom stereocenters. The van der Waals surface area contributed by atoms with Crippen LogP contribution in [0.1, 0.15) is 13.3 Å². The Hall–Kier alpha value is -1.86. The summed E-state index contributed by atoms with van der Waals surface area (Å²) in [5.74, 6) is 0.515. The van der Waals surface area contributed by atoms with Crippen molar-refractivity contribution in [2.75, 3.05) is 25.6 Å². The van der Waals surface area contributed by atoms with Gasteiger partial charge in [0, 0.05) is 31.7 Å². The molecule has 1 aliphatic rings. The molecule has 0 bridgehead atoms. The second-order valence-corrected chi connectivity index (χ2v) is 4.86. The highest BCUT2D eigenvalue weighted by molar-refractivity contribution is 5.64. The fourth-order valence-corrected chi connectivity index (χ4v) is 2.19. The van der Waals surface area contributed by atoms with Crippen molar-refractivity contribution in [3.8, 4) is 5.75 Å². The van der Waals surface area contributed by atoms with E-state index in [2.05, 4.69) is 5.32 Å². The SMILES string of the molecule is COc1ccc([N+](=O)[O-])c(NCC2(O)CCOC2C)c1. The zero-order valence-corrected chi connectivity index (χ0v) is 11.5. The Labute approximate surface area is 116 Å². The molecule has 2 N–H and O–H groups in total. The van der Waals surface area contributed by atoms with E-state index in [0.29, 0.717) is 24.5 Å². The molecule has 110 valence electrons. The molecule has 0 radical (unpaired) electrons. The number of methoxy groups -OCH3 is 1. The Kier molecular flexibility index (Phi) is 4.10. The Morgan fingerprint density at radius 1 is 1.65 bits per heavy atom. The molecule has 2 unspecified atom stereocenters. The van der Waals surface area contributed by atoms with E-state index in [1.54, 1.807) is 13.0 Å².